The third kappa shape index (κ3) is 6.03. The number of rotatable bonds is 8. The van der Waals surface area contributed by atoms with Gasteiger partial charge in [-0.1, -0.05) is 12.1 Å². The lowest BCUT2D eigenvalue weighted by Crippen LogP contribution is -2.44. The highest BCUT2D eigenvalue weighted by molar-refractivity contribution is 5.94. The van der Waals surface area contributed by atoms with Gasteiger partial charge in [-0.15, -0.1) is 5.10 Å². The molecule has 0 amide bonds. The Morgan fingerprint density at radius 3 is 2.50 bits per heavy atom. The number of nitrogens with zero attached hydrogens (tertiary/aromatic N) is 7. The number of hydrogen-bond acceptors (Lipinski definition) is 8. The Bertz CT molecular complexity index is 1600. The first-order valence-electron chi connectivity index (χ1n) is 14.9. The van der Waals surface area contributed by atoms with Crippen molar-refractivity contribution in [1.82, 2.24) is 34.3 Å². The summed E-state index contributed by atoms with van der Waals surface area (Å²) in [4.78, 5) is 20.9. The fraction of sp³-hybridized carbons (Fsp3) is 0.484. The standard InChI is InChI=1S/C31H39FN8O2/c1-4-33-28-18-27-25(19-34-28)31(21-5-6-22(26(32)17-21)20-39-15-13-37(2)14-16-39)36-40(27)23-7-9-24(10-8-23)42-29-11-12-30(41)38(3)35-29/h5-6,11-12,17-19,23-24H,4,7-10,13-16,20H2,1-3H3,(H,33,34). The highest BCUT2D eigenvalue weighted by atomic mass is 19.1. The molecular weight excluding hydrogens is 535 g/mol. The molecule has 10 nitrogen and oxygen atoms in total. The molecule has 0 atom stereocenters. The Labute approximate surface area is 245 Å². The Morgan fingerprint density at radius 1 is 1.00 bits per heavy atom. The van der Waals surface area contributed by atoms with Crippen molar-refractivity contribution < 1.29 is 9.13 Å². The third-order valence-electron chi connectivity index (χ3n) is 8.48. The van der Waals surface area contributed by atoms with Crippen LogP contribution >= 0.6 is 0 Å². The fourth-order valence-corrected chi connectivity index (χ4v) is 5.99. The van der Waals surface area contributed by atoms with Gasteiger partial charge in [0.1, 0.15) is 23.4 Å². The number of pyridine rings is 1. The molecule has 1 aliphatic carbocycles. The molecule has 0 radical (unpaired) electrons. The number of likely N-dealkylation sites (N-methyl/N-ethyl adjacent to an activating group) is 1. The van der Waals surface area contributed by atoms with Gasteiger partial charge in [0.05, 0.1) is 11.6 Å². The van der Waals surface area contributed by atoms with E-state index in [0.29, 0.717) is 18.0 Å². The molecule has 1 saturated heterocycles. The van der Waals surface area contributed by atoms with Gasteiger partial charge in [-0.2, -0.15) is 5.10 Å². The summed E-state index contributed by atoms with van der Waals surface area (Å²) in [7, 11) is 3.75. The second-order valence-corrected chi connectivity index (χ2v) is 11.5. The SMILES string of the molecule is CCNc1cc2c(cn1)c(-c1ccc(CN3CCN(C)CC3)c(F)c1)nn2C1CCC(Oc2ccc(=O)n(C)n2)CC1. The maximum atomic E-state index is 15.4. The predicted octanol–water partition coefficient (Wildman–Crippen LogP) is 4.07. The largest absolute Gasteiger partial charge is 0.473 e. The van der Waals surface area contributed by atoms with Gasteiger partial charge in [0, 0.05) is 87.2 Å². The number of piperazine rings is 1. The fourth-order valence-electron chi connectivity index (χ4n) is 5.99. The lowest BCUT2D eigenvalue weighted by molar-refractivity contribution is 0.123. The lowest BCUT2D eigenvalue weighted by Gasteiger charge is -2.32. The number of ether oxygens (including phenoxy) is 1. The van der Waals surface area contributed by atoms with E-state index >= 15 is 4.39 Å². The summed E-state index contributed by atoms with van der Waals surface area (Å²) in [5.74, 6) is 1.06. The summed E-state index contributed by atoms with van der Waals surface area (Å²) in [5.41, 5.74) is 3.05. The number of aryl methyl sites for hydroxylation is 1. The molecule has 6 rings (SSSR count). The van der Waals surface area contributed by atoms with E-state index in [2.05, 4.69) is 36.9 Å². The zero-order chi connectivity index (χ0) is 29.2. The maximum absolute atomic E-state index is 15.4. The number of hydrogen-bond donors (Lipinski definition) is 1. The highest BCUT2D eigenvalue weighted by Gasteiger charge is 2.27. The molecule has 3 aromatic heterocycles. The Hall–Kier alpha value is -3.83. The summed E-state index contributed by atoms with van der Waals surface area (Å²) < 4.78 is 24.9. The zero-order valence-corrected chi connectivity index (χ0v) is 24.6. The van der Waals surface area contributed by atoms with Gasteiger partial charge in [-0.3, -0.25) is 14.4 Å². The lowest BCUT2D eigenvalue weighted by atomic mass is 9.93. The molecule has 42 heavy (non-hydrogen) atoms. The summed E-state index contributed by atoms with van der Waals surface area (Å²) in [6.07, 6.45) is 5.31. The Kier molecular flexibility index (Phi) is 8.21. The van der Waals surface area contributed by atoms with E-state index in [1.165, 1.54) is 10.7 Å². The van der Waals surface area contributed by atoms with Gasteiger partial charge in [-0.05, 0) is 45.7 Å². The van der Waals surface area contributed by atoms with Gasteiger partial charge in [0.2, 0.25) is 5.88 Å². The summed E-state index contributed by atoms with van der Waals surface area (Å²) in [5, 5.41) is 13.5. The van der Waals surface area contributed by atoms with Crippen LogP contribution in [-0.2, 0) is 13.6 Å². The number of aromatic nitrogens is 5. The van der Waals surface area contributed by atoms with Gasteiger partial charge < -0.3 is 15.0 Å². The van der Waals surface area contributed by atoms with Crippen LogP contribution in [0.4, 0.5) is 10.2 Å². The van der Waals surface area contributed by atoms with Crippen LogP contribution in [0.25, 0.3) is 22.2 Å². The zero-order valence-electron chi connectivity index (χ0n) is 24.6. The molecule has 1 N–H and O–H groups in total. The average molecular weight is 575 g/mol. The molecule has 2 aliphatic rings. The van der Waals surface area contributed by atoms with Gasteiger partial charge >= 0.3 is 0 Å². The van der Waals surface area contributed by atoms with Crippen LogP contribution in [-0.4, -0.2) is 80.2 Å². The van der Waals surface area contributed by atoms with Crippen LogP contribution < -0.4 is 15.6 Å². The van der Waals surface area contributed by atoms with Gasteiger partial charge in [0.25, 0.3) is 5.56 Å². The third-order valence-corrected chi connectivity index (χ3v) is 8.48. The number of halogens is 1. The van der Waals surface area contributed by atoms with Gasteiger partial charge in [0.15, 0.2) is 0 Å². The first-order chi connectivity index (χ1) is 20.4. The van der Waals surface area contributed by atoms with Crippen LogP contribution in [0.1, 0.15) is 44.2 Å². The van der Waals surface area contributed by atoms with E-state index in [0.717, 1.165) is 86.4 Å². The molecule has 2 fully saturated rings. The number of fused-ring (bicyclic) bond motifs is 1. The summed E-state index contributed by atoms with van der Waals surface area (Å²) >= 11 is 0. The van der Waals surface area contributed by atoms with E-state index in [-0.39, 0.29) is 23.5 Å². The van der Waals surface area contributed by atoms with E-state index in [9.17, 15) is 4.79 Å². The molecule has 1 aromatic carbocycles. The quantitative estimate of drug-likeness (QED) is 0.337. The van der Waals surface area contributed by atoms with Crippen LogP contribution in [0.15, 0.2) is 47.4 Å². The maximum Gasteiger partial charge on any atom is 0.266 e. The van der Waals surface area contributed by atoms with Crippen molar-refractivity contribution in [3.8, 4) is 17.1 Å². The smallest absolute Gasteiger partial charge is 0.266 e. The van der Waals surface area contributed by atoms with Crippen molar-refractivity contribution in [2.45, 2.75) is 51.3 Å². The van der Waals surface area contributed by atoms with E-state index < -0.39 is 0 Å². The van der Waals surface area contributed by atoms with Crippen molar-refractivity contribution in [3.63, 3.8) is 0 Å². The minimum Gasteiger partial charge on any atom is -0.473 e. The minimum absolute atomic E-state index is 0.0217. The van der Waals surface area contributed by atoms with E-state index in [1.807, 2.05) is 31.3 Å². The second kappa shape index (κ2) is 12.2. The van der Waals surface area contributed by atoms with Crippen LogP contribution in [0, 0.1) is 5.82 Å². The van der Waals surface area contributed by atoms with E-state index in [1.54, 1.807) is 19.2 Å². The second-order valence-electron chi connectivity index (χ2n) is 11.5. The topological polar surface area (TPSA) is 93.3 Å². The molecule has 1 saturated carbocycles. The predicted molar refractivity (Wildman–Crippen MR) is 161 cm³/mol. The Morgan fingerprint density at radius 2 is 1.79 bits per heavy atom. The van der Waals surface area contributed by atoms with Crippen LogP contribution in [0.2, 0.25) is 0 Å². The van der Waals surface area contributed by atoms with Crippen molar-refractivity contribution in [1.29, 1.82) is 0 Å². The molecule has 4 heterocycles. The van der Waals surface area contributed by atoms with Gasteiger partial charge in [-0.25, -0.2) is 14.1 Å². The number of anilines is 1. The molecule has 11 heteroatoms. The van der Waals surface area contributed by atoms with Crippen LogP contribution in [0.3, 0.4) is 0 Å². The highest BCUT2D eigenvalue weighted by Crippen LogP contribution is 2.37. The molecular formula is C31H39FN8O2. The average Bonchev–Trinajstić information content (AvgIpc) is 3.37. The molecule has 1 aliphatic heterocycles. The number of nitrogens with one attached hydrogen (secondary N) is 1. The summed E-state index contributed by atoms with van der Waals surface area (Å²) in [6.45, 7) is 7.32. The minimum atomic E-state index is -0.198. The molecule has 222 valence electrons. The van der Waals surface area contributed by atoms with E-state index in [4.69, 9.17) is 9.84 Å². The summed E-state index contributed by atoms with van der Waals surface area (Å²) in [6, 6.07) is 10.8. The Balaban J connectivity index is 1.24. The molecule has 4 aromatic rings. The van der Waals surface area contributed by atoms with Crippen molar-refractivity contribution in [2.75, 3.05) is 45.1 Å². The van der Waals surface area contributed by atoms with Crippen molar-refractivity contribution in [3.05, 3.63) is 64.3 Å². The molecule has 0 spiro atoms. The first kappa shape index (κ1) is 28.3. The number of benzene rings is 1. The monoisotopic (exact) mass is 574 g/mol. The van der Waals surface area contributed by atoms with Crippen LogP contribution in [0.5, 0.6) is 5.88 Å². The molecule has 0 unspecified atom stereocenters. The molecule has 0 bridgehead atoms. The van der Waals surface area contributed by atoms with Crippen molar-refractivity contribution >= 4 is 16.7 Å². The first-order valence-corrected chi connectivity index (χ1v) is 14.9. The van der Waals surface area contributed by atoms with Crippen molar-refractivity contribution in [2.24, 2.45) is 7.05 Å². The normalized spacial score (nSPS) is 20.2.